The molecule has 0 bridgehead atoms. The number of thiocarbonyl (C=S) groups is 1. The van der Waals surface area contributed by atoms with Gasteiger partial charge in [-0.3, -0.25) is 4.79 Å². The molecule has 4 heteroatoms. The third kappa shape index (κ3) is 1.64. The van der Waals surface area contributed by atoms with E-state index in [0.29, 0.717) is 5.11 Å². The van der Waals surface area contributed by atoms with Gasteiger partial charge in [0.05, 0.1) is 6.04 Å². The summed E-state index contributed by atoms with van der Waals surface area (Å²) in [6, 6.07) is 0.0243. The molecular weight excluding hydrogens is 172 g/mol. The van der Waals surface area contributed by atoms with Crippen LogP contribution in [0.1, 0.15) is 20.8 Å². The molecule has 1 aliphatic heterocycles. The second-order valence-electron chi connectivity index (χ2n) is 2.92. The van der Waals surface area contributed by atoms with Gasteiger partial charge in [0.15, 0.2) is 10.9 Å². The first-order valence-corrected chi connectivity index (χ1v) is 4.22. The van der Waals surface area contributed by atoms with Crippen LogP contribution in [0.2, 0.25) is 0 Å². The molecule has 0 saturated heterocycles. The predicted molar refractivity (Wildman–Crippen MR) is 51.7 cm³/mol. The SMILES string of the molecule is CC(=O)C1=C(C)NC(=S)N[C@@H]1C. The van der Waals surface area contributed by atoms with Crippen molar-refractivity contribution in [3.8, 4) is 0 Å². The molecule has 12 heavy (non-hydrogen) atoms. The first-order valence-electron chi connectivity index (χ1n) is 3.81. The molecule has 0 saturated carbocycles. The molecule has 0 fully saturated rings. The Labute approximate surface area is 77.2 Å². The van der Waals surface area contributed by atoms with Crippen LogP contribution in [0, 0.1) is 0 Å². The van der Waals surface area contributed by atoms with Crippen LogP contribution in [0.15, 0.2) is 11.3 Å². The minimum atomic E-state index is 0.0243. The van der Waals surface area contributed by atoms with E-state index in [9.17, 15) is 4.79 Å². The predicted octanol–water partition coefficient (Wildman–Crippen LogP) is 0.716. The third-order valence-corrected chi connectivity index (χ3v) is 2.08. The molecule has 0 amide bonds. The molecule has 3 nitrogen and oxygen atoms in total. The molecule has 0 unspecified atom stereocenters. The Bertz CT molecular complexity index is 270. The van der Waals surface area contributed by atoms with E-state index in [1.807, 2.05) is 13.8 Å². The topological polar surface area (TPSA) is 41.1 Å². The highest BCUT2D eigenvalue weighted by Crippen LogP contribution is 2.11. The Balaban J connectivity index is 3.01. The van der Waals surface area contributed by atoms with E-state index >= 15 is 0 Å². The van der Waals surface area contributed by atoms with Crippen LogP contribution in [-0.4, -0.2) is 16.9 Å². The minimum absolute atomic E-state index is 0.0243. The summed E-state index contributed by atoms with van der Waals surface area (Å²) in [6.45, 7) is 5.35. The van der Waals surface area contributed by atoms with Crippen molar-refractivity contribution in [3.05, 3.63) is 11.3 Å². The number of hydrogen-bond donors (Lipinski definition) is 2. The van der Waals surface area contributed by atoms with Crippen LogP contribution in [0.3, 0.4) is 0 Å². The summed E-state index contributed by atoms with van der Waals surface area (Å²) in [5.74, 6) is 0.0856. The normalized spacial score (nSPS) is 23.2. The number of carbonyl (C=O) groups excluding carboxylic acids is 1. The lowest BCUT2D eigenvalue weighted by Crippen LogP contribution is -2.47. The van der Waals surface area contributed by atoms with Crippen molar-refractivity contribution in [3.63, 3.8) is 0 Å². The van der Waals surface area contributed by atoms with E-state index in [1.54, 1.807) is 6.92 Å². The van der Waals surface area contributed by atoms with Crippen LogP contribution in [0.5, 0.6) is 0 Å². The van der Waals surface area contributed by atoms with E-state index in [4.69, 9.17) is 12.2 Å². The fourth-order valence-corrected chi connectivity index (χ4v) is 1.77. The number of carbonyl (C=O) groups is 1. The Morgan fingerprint density at radius 1 is 1.58 bits per heavy atom. The average molecular weight is 184 g/mol. The van der Waals surface area contributed by atoms with Crippen LogP contribution < -0.4 is 10.6 Å². The highest BCUT2D eigenvalue weighted by atomic mass is 32.1. The molecule has 1 heterocycles. The van der Waals surface area contributed by atoms with E-state index in [2.05, 4.69) is 10.6 Å². The van der Waals surface area contributed by atoms with Crippen molar-refractivity contribution in [2.75, 3.05) is 0 Å². The van der Waals surface area contributed by atoms with Crippen LogP contribution in [0.4, 0.5) is 0 Å². The molecule has 66 valence electrons. The zero-order valence-corrected chi connectivity index (χ0v) is 8.21. The van der Waals surface area contributed by atoms with E-state index < -0.39 is 0 Å². The number of ketones is 1. The van der Waals surface area contributed by atoms with Gasteiger partial charge in [0.1, 0.15) is 0 Å². The van der Waals surface area contributed by atoms with Crippen molar-refractivity contribution in [1.82, 2.24) is 10.6 Å². The zero-order chi connectivity index (χ0) is 9.30. The summed E-state index contributed by atoms with van der Waals surface area (Å²) in [6.07, 6.45) is 0. The number of allylic oxidation sites excluding steroid dienone is 1. The highest BCUT2D eigenvalue weighted by Gasteiger charge is 2.21. The first-order chi connectivity index (χ1) is 5.52. The molecule has 1 atom stereocenters. The van der Waals surface area contributed by atoms with Crippen LogP contribution in [0.25, 0.3) is 0 Å². The van der Waals surface area contributed by atoms with E-state index in [0.717, 1.165) is 11.3 Å². The van der Waals surface area contributed by atoms with Gasteiger partial charge in [-0.15, -0.1) is 0 Å². The average Bonchev–Trinajstić information content (AvgIpc) is 1.82. The maximum atomic E-state index is 11.1. The van der Waals surface area contributed by atoms with Gasteiger partial charge in [0.2, 0.25) is 0 Å². The molecule has 0 spiro atoms. The number of nitrogens with one attached hydrogen (secondary N) is 2. The van der Waals surface area contributed by atoms with Gasteiger partial charge in [-0.1, -0.05) is 0 Å². The molecule has 0 aromatic rings. The van der Waals surface area contributed by atoms with Crippen molar-refractivity contribution in [2.24, 2.45) is 0 Å². The molecule has 0 aromatic carbocycles. The van der Waals surface area contributed by atoms with Crippen molar-refractivity contribution < 1.29 is 4.79 Å². The van der Waals surface area contributed by atoms with Gasteiger partial charge in [0, 0.05) is 11.3 Å². The summed E-state index contributed by atoms with van der Waals surface area (Å²) in [7, 11) is 0. The van der Waals surface area contributed by atoms with Crippen molar-refractivity contribution in [2.45, 2.75) is 26.8 Å². The first kappa shape index (κ1) is 9.19. The van der Waals surface area contributed by atoms with Gasteiger partial charge >= 0.3 is 0 Å². The van der Waals surface area contributed by atoms with Crippen LogP contribution >= 0.6 is 12.2 Å². The molecule has 0 radical (unpaired) electrons. The van der Waals surface area contributed by atoms with Gasteiger partial charge in [-0.2, -0.15) is 0 Å². The molecular formula is C8H12N2OS. The molecule has 0 aliphatic carbocycles. The van der Waals surface area contributed by atoms with Crippen molar-refractivity contribution in [1.29, 1.82) is 0 Å². The summed E-state index contributed by atoms with van der Waals surface area (Å²) < 4.78 is 0. The van der Waals surface area contributed by atoms with Crippen LogP contribution in [-0.2, 0) is 4.79 Å². The van der Waals surface area contributed by atoms with Crippen molar-refractivity contribution >= 4 is 23.1 Å². The second-order valence-corrected chi connectivity index (χ2v) is 3.32. The number of rotatable bonds is 1. The lowest BCUT2D eigenvalue weighted by atomic mass is 10.0. The molecule has 1 rings (SSSR count). The Morgan fingerprint density at radius 2 is 2.17 bits per heavy atom. The lowest BCUT2D eigenvalue weighted by Gasteiger charge is -2.26. The summed E-state index contributed by atoms with van der Waals surface area (Å²) in [4.78, 5) is 11.1. The Hall–Kier alpha value is -0.900. The van der Waals surface area contributed by atoms with E-state index in [-0.39, 0.29) is 11.8 Å². The maximum absolute atomic E-state index is 11.1. The summed E-state index contributed by atoms with van der Waals surface area (Å²) in [5, 5.41) is 6.49. The quantitative estimate of drug-likeness (QED) is 0.589. The number of hydrogen-bond acceptors (Lipinski definition) is 2. The Morgan fingerprint density at radius 3 is 2.58 bits per heavy atom. The largest absolute Gasteiger partial charge is 0.356 e. The minimum Gasteiger partial charge on any atom is -0.356 e. The van der Waals surface area contributed by atoms with Gasteiger partial charge in [0.25, 0.3) is 0 Å². The third-order valence-electron chi connectivity index (χ3n) is 1.86. The lowest BCUT2D eigenvalue weighted by molar-refractivity contribution is -0.113. The van der Waals surface area contributed by atoms with Gasteiger partial charge in [-0.25, -0.2) is 0 Å². The van der Waals surface area contributed by atoms with E-state index in [1.165, 1.54) is 0 Å². The molecule has 1 aliphatic rings. The molecule has 2 N–H and O–H groups in total. The zero-order valence-electron chi connectivity index (χ0n) is 7.39. The smallest absolute Gasteiger partial charge is 0.171 e. The van der Waals surface area contributed by atoms with Gasteiger partial charge < -0.3 is 10.6 Å². The second kappa shape index (κ2) is 3.23. The Kier molecular flexibility index (Phi) is 2.47. The fourth-order valence-electron chi connectivity index (χ4n) is 1.44. The summed E-state index contributed by atoms with van der Waals surface area (Å²) >= 11 is 4.93. The maximum Gasteiger partial charge on any atom is 0.171 e. The molecule has 0 aromatic heterocycles. The highest BCUT2D eigenvalue weighted by molar-refractivity contribution is 7.80. The summed E-state index contributed by atoms with van der Waals surface area (Å²) in [5.41, 5.74) is 1.64. The number of Topliss-reactive ketones (excluding diaryl/α,β-unsaturated/α-hetero) is 1. The van der Waals surface area contributed by atoms with Gasteiger partial charge in [-0.05, 0) is 33.0 Å². The standard InChI is InChI=1S/C8H12N2OS/c1-4-7(6(3)11)5(2)10-8(12)9-4/h4H,1-3H3,(H2,9,10,12)/t4-/m1/s1. The fraction of sp³-hybridized carbons (Fsp3) is 0.500. The monoisotopic (exact) mass is 184 g/mol.